The maximum Gasteiger partial charge on any atom is 0.419 e. The highest BCUT2D eigenvalue weighted by Crippen LogP contribution is 2.33. The van der Waals surface area contributed by atoms with Crippen LogP contribution in [-0.2, 0) is 10.9 Å². The molecule has 0 radical (unpaired) electrons. The van der Waals surface area contributed by atoms with Gasteiger partial charge in [-0.3, -0.25) is 4.79 Å². The van der Waals surface area contributed by atoms with Crippen molar-refractivity contribution < 1.29 is 27.1 Å². The molecule has 8 heteroatoms. The van der Waals surface area contributed by atoms with Crippen molar-refractivity contribution in [2.75, 3.05) is 7.11 Å². The van der Waals surface area contributed by atoms with E-state index in [1.165, 1.54) is 0 Å². The molecule has 1 heterocycles. The Morgan fingerprint density at radius 3 is 2.45 bits per heavy atom. The van der Waals surface area contributed by atoms with Crippen molar-refractivity contribution in [2.24, 2.45) is 0 Å². The third kappa shape index (κ3) is 2.36. The van der Waals surface area contributed by atoms with Crippen LogP contribution in [0.25, 0.3) is 10.9 Å². The van der Waals surface area contributed by atoms with Crippen molar-refractivity contribution in [3.8, 4) is 0 Å². The lowest BCUT2D eigenvalue weighted by Crippen LogP contribution is -2.19. The Morgan fingerprint density at radius 1 is 1.25 bits per heavy atom. The summed E-state index contributed by atoms with van der Waals surface area (Å²) in [6, 6.07) is 2.05. The van der Waals surface area contributed by atoms with E-state index >= 15 is 0 Å². The number of alkyl halides is 3. The van der Waals surface area contributed by atoms with E-state index in [1.807, 2.05) is 0 Å². The van der Waals surface area contributed by atoms with Gasteiger partial charge in [0, 0.05) is 10.9 Å². The lowest BCUT2D eigenvalue weighted by atomic mass is 10.1. The highest BCUT2D eigenvalue weighted by molar-refractivity contribution is 5.93. The number of rotatable bonds is 1. The topological polar surface area (TPSA) is 59.2 Å². The number of ether oxygens (including phenoxy) is 1. The molecule has 0 aliphatic heterocycles. The summed E-state index contributed by atoms with van der Waals surface area (Å²) in [4.78, 5) is 24.9. The Hall–Kier alpha value is -2.38. The van der Waals surface area contributed by atoms with E-state index in [4.69, 9.17) is 0 Å². The summed E-state index contributed by atoms with van der Waals surface area (Å²) in [5, 5.41) is -0.0458. The fourth-order valence-electron chi connectivity index (χ4n) is 1.71. The minimum Gasteiger partial charge on any atom is -0.465 e. The van der Waals surface area contributed by atoms with Crippen LogP contribution in [0.5, 0.6) is 0 Å². The zero-order valence-electron chi connectivity index (χ0n) is 9.97. The van der Waals surface area contributed by atoms with Crippen molar-refractivity contribution in [1.82, 2.24) is 4.98 Å². The minimum atomic E-state index is -4.88. The van der Waals surface area contributed by atoms with Crippen LogP contribution in [-0.4, -0.2) is 18.1 Å². The SMILES string of the molecule is COC(=O)c1cc2cc(F)c(C(F)(F)F)cc2[nH]c1=O. The van der Waals surface area contributed by atoms with Crippen molar-refractivity contribution in [3.05, 3.63) is 45.5 Å². The van der Waals surface area contributed by atoms with E-state index in [1.54, 1.807) is 0 Å². The molecule has 2 aromatic rings. The lowest BCUT2D eigenvalue weighted by molar-refractivity contribution is -0.139. The van der Waals surface area contributed by atoms with Gasteiger partial charge in [0.2, 0.25) is 0 Å². The number of pyridine rings is 1. The second-order valence-corrected chi connectivity index (χ2v) is 3.92. The second kappa shape index (κ2) is 4.62. The van der Waals surface area contributed by atoms with Gasteiger partial charge in [-0.25, -0.2) is 9.18 Å². The Labute approximate surface area is 109 Å². The average Bonchev–Trinajstić information content (AvgIpc) is 2.35. The quantitative estimate of drug-likeness (QED) is 0.648. The fourth-order valence-corrected chi connectivity index (χ4v) is 1.71. The predicted molar refractivity (Wildman–Crippen MR) is 60.9 cm³/mol. The van der Waals surface area contributed by atoms with Crippen LogP contribution < -0.4 is 5.56 Å². The number of benzene rings is 1. The van der Waals surface area contributed by atoms with E-state index < -0.39 is 34.6 Å². The van der Waals surface area contributed by atoms with Gasteiger partial charge >= 0.3 is 12.1 Å². The molecule has 0 bridgehead atoms. The number of carbonyl (C=O) groups excluding carboxylic acids is 1. The van der Waals surface area contributed by atoms with Crippen LogP contribution in [0, 0.1) is 5.82 Å². The molecule has 1 aromatic carbocycles. The zero-order valence-corrected chi connectivity index (χ0v) is 9.97. The molecule has 0 aliphatic carbocycles. The standard InChI is InChI=1S/C12H7F4NO3/c1-20-11(19)6-2-5-3-8(13)7(12(14,15)16)4-9(5)17-10(6)18/h2-4H,1H3,(H,17,18). The highest BCUT2D eigenvalue weighted by Gasteiger charge is 2.34. The van der Waals surface area contributed by atoms with Gasteiger partial charge in [0.05, 0.1) is 12.7 Å². The Morgan fingerprint density at radius 2 is 1.90 bits per heavy atom. The summed E-state index contributed by atoms with van der Waals surface area (Å²) in [6.45, 7) is 0. The largest absolute Gasteiger partial charge is 0.465 e. The number of fused-ring (bicyclic) bond motifs is 1. The van der Waals surface area contributed by atoms with Crippen LogP contribution in [0.15, 0.2) is 23.0 Å². The Bertz CT molecular complexity index is 749. The molecule has 0 fully saturated rings. The van der Waals surface area contributed by atoms with E-state index in [9.17, 15) is 27.2 Å². The van der Waals surface area contributed by atoms with Gasteiger partial charge in [0.1, 0.15) is 11.4 Å². The third-order valence-electron chi connectivity index (χ3n) is 2.64. The van der Waals surface area contributed by atoms with Gasteiger partial charge < -0.3 is 9.72 Å². The molecule has 0 atom stereocenters. The third-order valence-corrected chi connectivity index (χ3v) is 2.64. The summed E-state index contributed by atoms with van der Waals surface area (Å²) in [5.74, 6) is -2.46. The predicted octanol–water partition coefficient (Wildman–Crippen LogP) is 2.47. The molecule has 1 N–H and O–H groups in total. The molecule has 0 amide bonds. The maximum absolute atomic E-state index is 13.4. The Kier molecular flexibility index (Phi) is 3.24. The number of hydrogen-bond acceptors (Lipinski definition) is 3. The number of nitrogens with one attached hydrogen (secondary N) is 1. The zero-order chi connectivity index (χ0) is 15.1. The summed E-state index contributed by atoms with van der Waals surface area (Å²) in [7, 11) is 1.04. The number of halogens is 4. The first-order valence-corrected chi connectivity index (χ1v) is 5.26. The molecule has 0 saturated carbocycles. The molecule has 0 saturated heterocycles. The fraction of sp³-hybridized carbons (Fsp3) is 0.167. The van der Waals surface area contributed by atoms with Gasteiger partial charge in [-0.15, -0.1) is 0 Å². The van der Waals surface area contributed by atoms with E-state index in [0.717, 1.165) is 13.2 Å². The smallest absolute Gasteiger partial charge is 0.419 e. The minimum absolute atomic E-state index is 0.0458. The summed E-state index contributed by atoms with van der Waals surface area (Å²) in [6.07, 6.45) is -4.88. The number of aromatic amines is 1. The van der Waals surface area contributed by atoms with Gasteiger partial charge in [-0.1, -0.05) is 0 Å². The van der Waals surface area contributed by atoms with Gasteiger partial charge in [0.15, 0.2) is 0 Å². The van der Waals surface area contributed by atoms with E-state index in [-0.39, 0.29) is 10.9 Å². The Balaban J connectivity index is 2.74. The van der Waals surface area contributed by atoms with Crippen molar-refractivity contribution in [2.45, 2.75) is 6.18 Å². The maximum atomic E-state index is 13.4. The van der Waals surface area contributed by atoms with Crippen molar-refractivity contribution in [1.29, 1.82) is 0 Å². The van der Waals surface area contributed by atoms with Crippen LogP contribution in [0.2, 0.25) is 0 Å². The second-order valence-electron chi connectivity index (χ2n) is 3.92. The van der Waals surface area contributed by atoms with E-state index in [2.05, 4.69) is 9.72 Å². The molecule has 0 spiro atoms. The number of hydrogen-bond donors (Lipinski definition) is 1. The first-order chi connectivity index (χ1) is 9.24. The molecular weight excluding hydrogens is 282 g/mol. The average molecular weight is 289 g/mol. The molecule has 106 valence electrons. The number of H-pyrrole nitrogens is 1. The number of methoxy groups -OCH3 is 1. The molecule has 4 nitrogen and oxygen atoms in total. The molecule has 1 aromatic heterocycles. The molecule has 0 unspecified atom stereocenters. The van der Waals surface area contributed by atoms with Gasteiger partial charge in [0.25, 0.3) is 5.56 Å². The first kappa shape index (κ1) is 14.0. The summed E-state index contributed by atoms with van der Waals surface area (Å²) >= 11 is 0. The summed E-state index contributed by atoms with van der Waals surface area (Å²) in [5.41, 5.74) is -3.05. The number of esters is 1. The molecular formula is C12H7F4NO3. The molecule has 20 heavy (non-hydrogen) atoms. The first-order valence-electron chi connectivity index (χ1n) is 5.26. The monoisotopic (exact) mass is 289 g/mol. The molecule has 2 rings (SSSR count). The van der Waals surface area contributed by atoms with Crippen molar-refractivity contribution >= 4 is 16.9 Å². The summed E-state index contributed by atoms with van der Waals surface area (Å²) < 4.78 is 55.3. The lowest BCUT2D eigenvalue weighted by Gasteiger charge is -2.09. The van der Waals surface area contributed by atoms with Gasteiger partial charge in [-0.2, -0.15) is 13.2 Å². The van der Waals surface area contributed by atoms with E-state index in [0.29, 0.717) is 12.1 Å². The van der Waals surface area contributed by atoms with Gasteiger partial charge in [-0.05, 0) is 18.2 Å². The normalized spacial score (nSPS) is 11.7. The van der Waals surface area contributed by atoms with Crippen molar-refractivity contribution in [3.63, 3.8) is 0 Å². The van der Waals surface area contributed by atoms with Crippen LogP contribution in [0.3, 0.4) is 0 Å². The van der Waals surface area contributed by atoms with Crippen LogP contribution in [0.1, 0.15) is 15.9 Å². The highest BCUT2D eigenvalue weighted by atomic mass is 19.4. The molecule has 0 aliphatic rings. The number of carbonyl (C=O) groups is 1. The number of aromatic nitrogens is 1. The van der Waals surface area contributed by atoms with Crippen LogP contribution in [0.4, 0.5) is 17.6 Å². The van der Waals surface area contributed by atoms with Crippen LogP contribution >= 0.6 is 0 Å².